The Morgan fingerprint density at radius 1 is 1.22 bits per heavy atom. The van der Waals surface area contributed by atoms with Crippen LogP contribution in [0.1, 0.15) is 45.1 Å². The molecular weight excluding hydrogens is 224 g/mol. The van der Waals surface area contributed by atoms with Crippen molar-refractivity contribution in [2.45, 2.75) is 52.6 Å². The Bertz CT molecular complexity index is 406. The van der Waals surface area contributed by atoms with Crippen molar-refractivity contribution in [1.82, 2.24) is 15.3 Å². The molecule has 1 aromatic heterocycles. The highest BCUT2D eigenvalue weighted by molar-refractivity contribution is 5.41. The van der Waals surface area contributed by atoms with Crippen molar-refractivity contribution < 1.29 is 0 Å². The molecule has 0 amide bonds. The summed E-state index contributed by atoms with van der Waals surface area (Å²) in [6.07, 6.45) is 0. The molecule has 4 nitrogen and oxygen atoms in total. The summed E-state index contributed by atoms with van der Waals surface area (Å²) in [4.78, 5) is 11.6. The van der Waals surface area contributed by atoms with E-state index in [1.165, 1.54) is 0 Å². The Morgan fingerprint density at radius 3 is 2.39 bits per heavy atom. The summed E-state index contributed by atoms with van der Waals surface area (Å²) in [7, 11) is 0. The van der Waals surface area contributed by atoms with E-state index in [2.05, 4.69) is 49.0 Å². The second-order valence-electron chi connectivity index (χ2n) is 5.75. The van der Waals surface area contributed by atoms with E-state index in [1.54, 1.807) is 0 Å². The third kappa shape index (κ3) is 2.99. The van der Waals surface area contributed by atoms with Gasteiger partial charge in [-0.25, -0.2) is 9.97 Å². The van der Waals surface area contributed by atoms with Crippen LogP contribution in [0.15, 0.2) is 6.07 Å². The summed E-state index contributed by atoms with van der Waals surface area (Å²) in [5.41, 5.74) is 1.06. The second kappa shape index (κ2) is 5.22. The second-order valence-corrected chi connectivity index (χ2v) is 5.75. The standard InChI is InChI=1S/C14H24N4/c1-9(2)14-16-10(3)6-13(17-14)18-7-11(4)15-12(5)8-18/h6,9,11-12,15H,7-8H2,1-5H3. The van der Waals surface area contributed by atoms with E-state index in [0.29, 0.717) is 18.0 Å². The lowest BCUT2D eigenvalue weighted by Gasteiger charge is -2.37. The molecule has 0 saturated carbocycles. The Balaban J connectivity index is 2.26. The first-order valence-electron chi connectivity index (χ1n) is 6.82. The molecule has 1 aliphatic heterocycles. The molecular formula is C14H24N4. The molecule has 18 heavy (non-hydrogen) atoms. The van der Waals surface area contributed by atoms with Crippen LogP contribution >= 0.6 is 0 Å². The fourth-order valence-electron chi connectivity index (χ4n) is 2.51. The van der Waals surface area contributed by atoms with Gasteiger partial charge in [-0.15, -0.1) is 0 Å². The monoisotopic (exact) mass is 248 g/mol. The average molecular weight is 248 g/mol. The molecule has 0 radical (unpaired) electrons. The van der Waals surface area contributed by atoms with Gasteiger partial charge in [0.25, 0.3) is 0 Å². The van der Waals surface area contributed by atoms with Crippen molar-refractivity contribution in [2.75, 3.05) is 18.0 Å². The Morgan fingerprint density at radius 2 is 1.83 bits per heavy atom. The van der Waals surface area contributed by atoms with Crippen LogP contribution < -0.4 is 10.2 Å². The van der Waals surface area contributed by atoms with Crippen molar-refractivity contribution in [3.63, 3.8) is 0 Å². The van der Waals surface area contributed by atoms with Crippen LogP contribution in [0.5, 0.6) is 0 Å². The highest BCUT2D eigenvalue weighted by atomic mass is 15.3. The van der Waals surface area contributed by atoms with E-state index >= 15 is 0 Å². The number of aryl methyl sites for hydroxylation is 1. The maximum atomic E-state index is 4.71. The van der Waals surface area contributed by atoms with Gasteiger partial charge in [0.1, 0.15) is 11.6 Å². The van der Waals surface area contributed by atoms with Gasteiger partial charge >= 0.3 is 0 Å². The first-order chi connectivity index (χ1) is 8.45. The minimum Gasteiger partial charge on any atom is -0.353 e. The highest BCUT2D eigenvalue weighted by Gasteiger charge is 2.22. The molecule has 2 unspecified atom stereocenters. The Kier molecular flexibility index (Phi) is 3.85. The lowest BCUT2D eigenvalue weighted by molar-refractivity contribution is 0.404. The Hall–Kier alpha value is -1.16. The predicted molar refractivity (Wildman–Crippen MR) is 75.1 cm³/mol. The van der Waals surface area contributed by atoms with Gasteiger partial charge in [0.05, 0.1) is 0 Å². The zero-order chi connectivity index (χ0) is 13.3. The number of rotatable bonds is 2. The summed E-state index contributed by atoms with van der Waals surface area (Å²) in [6.45, 7) is 12.8. The predicted octanol–water partition coefficient (Wildman–Crippen LogP) is 2.10. The lowest BCUT2D eigenvalue weighted by atomic mass is 10.1. The molecule has 1 fully saturated rings. The van der Waals surface area contributed by atoms with Crippen molar-refractivity contribution >= 4 is 5.82 Å². The van der Waals surface area contributed by atoms with Gasteiger partial charge in [0.2, 0.25) is 0 Å². The van der Waals surface area contributed by atoms with E-state index in [0.717, 1.165) is 30.4 Å². The van der Waals surface area contributed by atoms with Crippen molar-refractivity contribution in [2.24, 2.45) is 0 Å². The van der Waals surface area contributed by atoms with Crippen molar-refractivity contribution in [3.05, 3.63) is 17.6 Å². The number of piperazine rings is 1. The molecule has 1 aromatic rings. The first kappa shape index (κ1) is 13.3. The van der Waals surface area contributed by atoms with Crippen molar-refractivity contribution in [1.29, 1.82) is 0 Å². The molecule has 1 N–H and O–H groups in total. The molecule has 2 atom stereocenters. The van der Waals surface area contributed by atoms with Gasteiger partial charge in [-0.2, -0.15) is 0 Å². The van der Waals surface area contributed by atoms with Crippen LogP contribution in [0.3, 0.4) is 0 Å². The summed E-state index contributed by atoms with van der Waals surface area (Å²) >= 11 is 0. The number of hydrogen-bond acceptors (Lipinski definition) is 4. The largest absolute Gasteiger partial charge is 0.353 e. The fourth-order valence-corrected chi connectivity index (χ4v) is 2.51. The number of aromatic nitrogens is 2. The van der Waals surface area contributed by atoms with Gasteiger partial charge in [-0.3, -0.25) is 0 Å². The van der Waals surface area contributed by atoms with Gasteiger partial charge in [-0.1, -0.05) is 13.8 Å². The molecule has 2 heterocycles. The molecule has 0 aromatic carbocycles. The summed E-state index contributed by atoms with van der Waals surface area (Å²) in [5.74, 6) is 2.40. The van der Waals surface area contributed by atoms with E-state index in [1.807, 2.05) is 6.92 Å². The molecule has 1 saturated heterocycles. The molecule has 0 spiro atoms. The molecule has 1 aliphatic rings. The lowest BCUT2D eigenvalue weighted by Crippen LogP contribution is -2.54. The SMILES string of the molecule is Cc1cc(N2CC(C)NC(C)C2)nc(C(C)C)n1. The molecule has 100 valence electrons. The van der Waals surface area contributed by atoms with Crippen LogP contribution in [0.2, 0.25) is 0 Å². The zero-order valence-electron chi connectivity index (χ0n) is 12.1. The van der Waals surface area contributed by atoms with Crippen LogP contribution in [0.25, 0.3) is 0 Å². The smallest absolute Gasteiger partial charge is 0.133 e. The summed E-state index contributed by atoms with van der Waals surface area (Å²) in [6, 6.07) is 3.11. The quantitative estimate of drug-likeness (QED) is 0.870. The molecule has 0 aliphatic carbocycles. The third-order valence-corrected chi connectivity index (χ3v) is 3.26. The van der Waals surface area contributed by atoms with Gasteiger partial charge in [0.15, 0.2) is 0 Å². The van der Waals surface area contributed by atoms with Crippen LogP contribution in [0.4, 0.5) is 5.82 Å². The zero-order valence-corrected chi connectivity index (χ0v) is 12.1. The molecule has 2 rings (SSSR count). The van der Waals surface area contributed by atoms with Crippen LogP contribution in [-0.2, 0) is 0 Å². The van der Waals surface area contributed by atoms with Gasteiger partial charge in [-0.05, 0) is 20.8 Å². The number of nitrogens with zero attached hydrogens (tertiary/aromatic N) is 3. The first-order valence-corrected chi connectivity index (χ1v) is 6.82. The average Bonchev–Trinajstić information content (AvgIpc) is 2.26. The minimum absolute atomic E-state index is 0.376. The maximum Gasteiger partial charge on any atom is 0.133 e. The van der Waals surface area contributed by atoms with E-state index in [-0.39, 0.29) is 0 Å². The van der Waals surface area contributed by atoms with Gasteiger partial charge in [0, 0.05) is 42.9 Å². The van der Waals surface area contributed by atoms with Crippen LogP contribution in [0, 0.1) is 6.92 Å². The number of nitrogens with one attached hydrogen (secondary N) is 1. The minimum atomic E-state index is 0.376. The number of hydrogen-bond donors (Lipinski definition) is 1. The third-order valence-electron chi connectivity index (χ3n) is 3.26. The molecule has 0 bridgehead atoms. The fraction of sp³-hybridized carbons (Fsp3) is 0.714. The maximum absolute atomic E-state index is 4.71. The van der Waals surface area contributed by atoms with Gasteiger partial charge < -0.3 is 10.2 Å². The van der Waals surface area contributed by atoms with E-state index in [9.17, 15) is 0 Å². The highest BCUT2D eigenvalue weighted by Crippen LogP contribution is 2.19. The van der Waals surface area contributed by atoms with E-state index in [4.69, 9.17) is 4.98 Å². The number of anilines is 1. The van der Waals surface area contributed by atoms with Crippen LogP contribution in [-0.4, -0.2) is 35.1 Å². The summed E-state index contributed by atoms with van der Waals surface area (Å²) in [5, 5.41) is 3.55. The topological polar surface area (TPSA) is 41.0 Å². The van der Waals surface area contributed by atoms with Crippen molar-refractivity contribution in [3.8, 4) is 0 Å². The Labute approximate surface area is 110 Å². The summed E-state index contributed by atoms with van der Waals surface area (Å²) < 4.78 is 0. The molecule has 4 heteroatoms. The van der Waals surface area contributed by atoms with E-state index < -0.39 is 0 Å². The normalized spacial score (nSPS) is 24.7.